The van der Waals surface area contributed by atoms with Crippen LogP contribution in [0.2, 0.25) is 0 Å². The molecule has 0 saturated carbocycles. The summed E-state index contributed by atoms with van der Waals surface area (Å²) in [4.78, 5) is 20.8. The van der Waals surface area contributed by atoms with Gasteiger partial charge in [-0.15, -0.1) is 11.3 Å². The molecule has 0 radical (unpaired) electrons. The van der Waals surface area contributed by atoms with E-state index in [1.807, 2.05) is 30.5 Å². The zero-order chi connectivity index (χ0) is 18.0. The summed E-state index contributed by atoms with van der Waals surface area (Å²) in [6.45, 7) is 0. The number of hydrogen-bond acceptors (Lipinski definition) is 7. The molecule has 2 heterocycles. The van der Waals surface area contributed by atoms with Crippen molar-refractivity contribution in [1.82, 2.24) is 4.57 Å². The molecule has 1 aliphatic heterocycles. The maximum Gasteiger partial charge on any atom is 0.326 e. The maximum atomic E-state index is 11.6. The number of rotatable bonds is 6. The quantitative estimate of drug-likeness (QED) is 0.737. The van der Waals surface area contributed by atoms with Gasteiger partial charge in [0, 0.05) is 6.08 Å². The van der Waals surface area contributed by atoms with E-state index in [2.05, 4.69) is 9.98 Å². The van der Waals surface area contributed by atoms with Crippen molar-refractivity contribution in [1.29, 1.82) is 0 Å². The van der Waals surface area contributed by atoms with Crippen molar-refractivity contribution in [3.63, 3.8) is 0 Å². The molecule has 0 aliphatic carbocycles. The van der Waals surface area contributed by atoms with E-state index in [-0.39, 0.29) is 5.88 Å². The molecule has 25 heavy (non-hydrogen) atoms. The number of thiazole rings is 1. The van der Waals surface area contributed by atoms with Gasteiger partial charge in [0.15, 0.2) is 9.78 Å². The van der Waals surface area contributed by atoms with Gasteiger partial charge in [0.25, 0.3) is 0 Å². The number of carboxylic acids is 1. The summed E-state index contributed by atoms with van der Waals surface area (Å²) < 4.78 is 1.61. The maximum absolute atomic E-state index is 11.6. The first kappa shape index (κ1) is 17.8. The van der Waals surface area contributed by atoms with Crippen LogP contribution in [0.5, 0.6) is 5.88 Å². The Kier molecular flexibility index (Phi) is 5.36. The Morgan fingerprint density at radius 1 is 1.40 bits per heavy atom. The van der Waals surface area contributed by atoms with E-state index >= 15 is 0 Å². The van der Waals surface area contributed by atoms with Crippen LogP contribution in [0, 0.1) is 3.95 Å². The Hall–Kier alpha value is -1.97. The molecule has 1 aliphatic rings. The van der Waals surface area contributed by atoms with Gasteiger partial charge in [-0.05, 0) is 42.8 Å². The summed E-state index contributed by atoms with van der Waals surface area (Å²) >= 11 is 7.97. The minimum absolute atomic E-state index is 0.155. The number of aliphatic carboxylic acids is 1. The molecule has 2 aromatic rings. The molecule has 1 atom stereocenters. The van der Waals surface area contributed by atoms with Gasteiger partial charge in [0.2, 0.25) is 5.88 Å². The van der Waals surface area contributed by atoms with Crippen LogP contribution in [0.4, 0.5) is 0 Å². The third kappa shape index (κ3) is 3.68. The first-order chi connectivity index (χ1) is 12.0. The second-order valence-electron chi connectivity index (χ2n) is 5.28. The smallest absolute Gasteiger partial charge is 0.326 e. The van der Waals surface area contributed by atoms with Crippen LogP contribution < -0.4 is 10.7 Å². The number of thioether (sulfide) groups is 1. The number of carbonyl (C=O) groups is 1. The minimum Gasteiger partial charge on any atom is -0.493 e. The molecule has 1 aromatic heterocycles. The van der Waals surface area contributed by atoms with Crippen molar-refractivity contribution in [3.8, 4) is 5.88 Å². The van der Waals surface area contributed by atoms with Gasteiger partial charge in [-0.25, -0.2) is 14.8 Å². The highest BCUT2D eigenvalue weighted by Gasteiger charge is 2.25. The van der Waals surface area contributed by atoms with Crippen molar-refractivity contribution < 1.29 is 15.0 Å². The monoisotopic (exact) mass is 393 g/mol. The van der Waals surface area contributed by atoms with Crippen molar-refractivity contribution in [3.05, 3.63) is 49.6 Å². The predicted octanol–water partition coefficient (Wildman–Crippen LogP) is 2.61. The summed E-state index contributed by atoms with van der Waals surface area (Å²) in [7, 11) is 0. The molecular formula is C16H15N3O3S3. The van der Waals surface area contributed by atoms with E-state index in [1.54, 1.807) is 17.8 Å². The molecule has 130 valence electrons. The molecule has 0 bridgehead atoms. The minimum atomic E-state index is -1.01. The average molecular weight is 394 g/mol. The summed E-state index contributed by atoms with van der Waals surface area (Å²) in [5.74, 6) is -0.0573. The van der Waals surface area contributed by atoms with Crippen LogP contribution >= 0.6 is 35.3 Å². The number of aromatic hydroxyl groups is 1. The predicted molar refractivity (Wildman–Crippen MR) is 101 cm³/mol. The van der Waals surface area contributed by atoms with E-state index in [4.69, 9.17) is 12.2 Å². The Morgan fingerprint density at radius 3 is 2.60 bits per heavy atom. The summed E-state index contributed by atoms with van der Waals surface area (Å²) in [6.07, 6.45) is 3.91. The van der Waals surface area contributed by atoms with E-state index < -0.39 is 12.0 Å². The number of carboxylic acid groups (broad SMARTS) is 1. The number of hydrogen-bond donors (Lipinski definition) is 2. The fraction of sp³-hybridized carbons (Fsp3) is 0.250. The summed E-state index contributed by atoms with van der Waals surface area (Å²) in [5, 5.41) is 21.5. The molecule has 6 nitrogen and oxygen atoms in total. The number of fused-ring (bicyclic) bond motifs is 1. The summed E-state index contributed by atoms with van der Waals surface area (Å²) in [6, 6.07) is 6.58. The molecule has 0 saturated heterocycles. The lowest BCUT2D eigenvalue weighted by atomic mass is 10.2. The van der Waals surface area contributed by atoms with E-state index in [0.29, 0.717) is 26.8 Å². The molecule has 0 amide bonds. The SMILES string of the molecule is CSCCC(C(=O)O)n1c(O)c(C=C2N=c3ccccc3=N2)sc1=S. The molecule has 1 aromatic carbocycles. The topological polar surface area (TPSA) is 87.2 Å². The fourth-order valence-corrected chi connectivity index (χ4v) is 4.26. The van der Waals surface area contributed by atoms with Crippen molar-refractivity contribution in [2.45, 2.75) is 12.5 Å². The van der Waals surface area contributed by atoms with Gasteiger partial charge in [0.05, 0.1) is 15.6 Å². The molecule has 1 unspecified atom stereocenters. The molecule has 0 fully saturated rings. The molecule has 2 N–H and O–H groups in total. The normalized spacial score (nSPS) is 13.7. The molecule has 3 rings (SSSR count). The molecule has 9 heteroatoms. The lowest BCUT2D eigenvalue weighted by Gasteiger charge is -2.14. The Labute approximate surface area is 156 Å². The lowest BCUT2D eigenvalue weighted by Crippen LogP contribution is -2.19. The lowest BCUT2D eigenvalue weighted by molar-refractivity contribution is -0.141. The van der Waals surface area contributed by atoms with E-state index in [9.17, 15) is 15.0 Å². The van der Waals surface area contributed by atoms with Crippen molar-refractivity contribution in [2.75, 3.05) is 12.0 Å². The number of nitrogens with zero attached hydrogens (tertiary/aromatic N) is 3. The number of para-hydroxylation sites is 2. The van der Waals surface area contributed by atoms with Crippen LogP contribution in [0.1, 0.15) is 17.3 Å². The standard InChI is InChI=1S/C16H15N3O3S3/c1-24-7-6-11(15(21)22)19-14(20)12(25-16(19)23)8-13-17-9-4-2-3-5-10(9)18-13/h2-5,8,11,20H,6-7H2,1H3,(H,21,22). The van der Waals surface area contributed by atoms with Gasteiger partial charge in [-0.1, -0.05) is 12.1 Å². The zero-order valence-corrected chi connectivity index (χ0v) is 15.7. The highest BCUT2D eigenvalue weighted by Crippen LogP contribution is 2.33. The Balaban J connectivity index is 2.00. The van der Waals surface area contributed by atoms with Crippen LogP contribution in [0.3, 0.4) is 0 Å². The van der Waals surface area contributed by atoms with E-state index in [0.717, 1.165) is 22.1 Å². The van der Waals surface area contributed by atoms with Gasteiger partial charge in [0.1, 0.15) is 6.04 Å². The second kappa shape index (κ2) is 7.51. The second-order valence-corrected chi connectivity index (χ2v) is 7.94. The number of aromatic nitrogens is 1. The Morgan fingerprint density at radius 2 is 2.04 bits per heavy atom. The summed E-state index contributed by atoms with van der Waals surface area (Å²) in [5.41, 5.74) is 0. The van der Waals surface area contributed by atoms with Crippen molar-refractivity contribution in [2.24, 2.45) is 9.98 Å². The first-order valence-corrected chi connectivity index (χ1v) is 10.0. The fourth-order valence-electron chi connectivity index (χ4n) is 2.46. The van der Waals surface area contributed by atoms with Gasteiger partial charge in [-0.3, -0.25) is 4.57 Å². The van der Waals surface area contributed by atoms with Crippen LogP contribution in [-0.2, 0) is 4.79 Å². The highest BCUT2D eigenvalue weighted by molar-refractivity contribution is 7.98. The first-order valence-electron chi connectivity index (χ1n) is 7.41. The zero-order valence-electron chi connectivity index (χ0n) is 13.2. The van der Waals surface area contributed by atoms with E-state index in [1.165, 1.54) is 4.57 Å². The molecule has 0 spiro atoms. The van der Waals surface area contributed by atoms with Gasteiger partial charge in [-0.2, -0.15) is 11.8 Å². The third-order valence-corrected chi connectivity index (χ3v) is 5.63. The highest BCUT2D eigenvalue weighted by atomic mass is 32.2. The van der Waals surface area contributed by atoms with Crippen LogP contribution in [-0.4, -0.2) is 32.8 Å². The average Bonchev–Trinajstić information content (AvgIpc) is 3.10. The van der Waals surface area contributed by atoms with Crippen LogP contribution in [0.25, 0.3) is 6.08 Å². The van der Waals surface area contributed by atoms with Crippen molar-refractivity contribution >= 4 is 47.4 Å². The van der Waals surface area contributed by atoms with Crippen LogP contribution in [0.15, 0.2) is 40.1 Å². The molecular weight excluding hydrogens is 378 g/mol. The van der Waals surface area contributed by atoms with Gasteiger partial charge < -0.3 is 10.2 Å². The number of benzene rings is 1. The largest absolute Gasteiger partial charge is 0.493 e. The Bertz CT molecular complexity index is 986. The third-order valence-electron chi connectivity index (χ3n) is 3.65. The van der Waals surface area contributed by atoms with Gasteiger partial charge >= 0.3 is 5.97 Å².